The summed E-state index contributed by atoms with van der Waals surface area (Å²) in [5, 5.41) is 0.389. The lowest BCUT2D eigenvalue weighted by molar-refractivity contribution is 0.441. The van der Waals surface area contributed by atoms with Crippen LogP contribution in [0.4, 0.5) is 5.69 Å². The van der Waals surface area contributed by atoms with Crippen molar-refractivity contribution >= 4 is 46.4 Å². The number of hydrogen-bond acceptors (Lipinski definition) is 5. The number of benzene rings is 1. The van der Waals surface area contributed by atoms with Crippen LogP contribution in [-0.2, 0) is 4.74 Å². The van der Waals surface area contributed by atoms with E-state index in [9.17, 15) is 0 Å². The number of rotatable bonds is 4. The van der Waals surface area contributed by atoms with Crippen molar-refractivity contribution in [2.45, 2.75) is 6.92 Å². The molecule has 1 aromatic carbocycles. The van der Waals surface area contributed by atoms with Crippen LogP contribution >= 0.6 is 24.4 Å². The Hall–Kier alpha value is -2.18. The zero-order chi connectivity index (χ0) is 17.3. The Kier molecular flexibility index (Phi) is 4.69. The standard InChI is InChI=1S/C18H18N2O2S2/c1-4-20-17(23)16(22-18(20)24)11-14-9-10-15(21-14)12-5-7-13(8-6-12)19(2)3/h5-11H,4H2,1-3H3/b16-11+. The van der Waals surface area contributed by atoms with E-state index in [1.165, 1.54) is 0 Å². The summed E-state index contributed by atoms with van der Waals surface area (Å²) in [6.45, 7) is 2.67. The highest BCUT2D eigenvalue weighted by atomic mass is 32.1. The van der Waals surface area contributed by atoms with Gasteiger partial charge in [-0.15, -0.1) is 0 Å². The average Bonchev–Trinajstić information content (AvgIpc) is 3.13. The summed E-state index contributed by atoms with van der Waals surface area (Å²) in [6.07, 6.45) is 1.78. The van der Waals surface area contributed by atoms with Crippen molar-refractivity contribution in [3.05, 3.63) is 47.9 Å². The van der Waals surface area contributed by atoms with Crippen LogP contribution in [-0.4, -0.2) is 35.7 Å². The van der Waals surface area contributed by atoms with Gasteiger partial charge in [0.2, 0.25) is 0 Å². The molecule has 1 saturated heterocycles. The van der Waals surface area contributed by atoms with Gasteiger partial charge in [0, 0.05) is 38.0 Å². The fraction of sp³-hybridized carbons (Fsp3) is 0.222. The molecule has 124 valence electrons. The Morgan fingerprint density at radius 1 is 1.08 bits per heavy atom. The van der Waals surface area contributed by atoms with Gasteiger partial charge in [-0.05, 0) is 55.5 Å². The van der Waals surface area contributed by atoms with Crippen LogP contribution < -0.4 is 4.90 Å². The van der Waals surface area contributed by atoms with Gasteiger partial charge in [-0.2, -0.15) is 0 Å². The maximum absolute atomic E-state index is 5.89. The lowest BCUT2D eigenvalue weighted by Gasteiger charge is -2.12. The molecule has 1 aromatic heterocycles. The van der Waals surface area contributed by atoms with Crippen LogP contribution in [0.15, 0.2) is 46.6 Å². The minimum atomic E-state index is 0.389. The maximum atomic E-state index is 5.89. The van der Waals surface area contributed by atoms with Crippen molar-refractivity contribution < 1.29 is 9.15 Å². The fourth-order valence-corrected chi connectivity index (χ4v) is 3.09. The molecule has 1 fully saturated rings. The molecule has 0 aliphatic carbocycles. The minimum Gasteiger partial charge on any atom is -0.457 e. The van der Waals surface area contributed by atoms with Crippen molar-refractivity contribution in [3.63, 3.8) is 0 Å². The van der Waals surface area contributed by atoms with E-state index in [2.05, 4.69) is 17.0 Å². The Bertz CT molecular complexity index is 807. The summed E-state index contributed by atoms with van der Waals surface area (Å²) < 4.78 is 11.4. The molecule has 6 heteroatoms. The molecule has 0 saturated carbocycles. The first-order valence-electron chi connectivity index (χ1n) is 7.62. The minimum absolute atomic E-state index is 0.389. The number of anilines is 1. The van der Waals surface area contributed by atoms with E-state index < -0.39 is 0 Å². The second-order valence-electron chi connectivity index (χ2n) is 5.57. The molecule has 0 atom stereocenters. The van der Waals surface area contributed by atoms with E-state index in [0.29, 0.717) is 28.2 Å². The molecular weight excluding hydrogens is 340 g/mol. The largest absolute Gasteiger partial charge is 0.457 e. The molecule has 2 heterocycles. The van der Waals surface area contributed by atoms with Crippen LogP contribution in [0.1, 0.15) is 12.7 Å². The van der Waals surface area contributed by atoms with Crippen molar-refractivity contribution in [2.75, 3.05) is 25.5 Å². The van der Waals surface area contributed by atoms with Crippen LogP contribution in [0.3, 0.4) is 0 Å². The third-order valence-electron chi connectivity index (χ3n) is 3.76. The summed E-state index contributed by atoms with van der Waals surface area (Å²) in [6, 6.07) is 12.0. The first-order valence-corrected chi connectivity index (χ1v) is 8.44. The number of ether oxygens (including phenoxy) is 1. The number of thiocarbonyl (C=S) groups is 2. The van der Waals surface area contributed by atoms with Crippen molar-refractivity contribution in [1.29, 1.82) is 0 Å². The van der Waals surface area contributed by atoms with E-state index in [0.717, 1.165) is 17.0 Å². The number of hydrogen-bond donors (Lipinski definition) is 0. The Morgan fingerprint density at radius 3 is 2.38 bits per heavy atom. The topological polar surface area (TPSA) is 28.9 Å². The van der Waals surface area contributed by atoms with Gasteiger partial charge in [0.15, 0.2) is 10.7 Å². The second kappa shape index (κ2) is 6.75. The van der Waals surface area contributed by atoms with Crippen LogP contribution in [0, 0.1) is 0 Å². The SMILES string of the molecule is CCN1C(=S)O/C(=C/c2ccc(-c3ccc(N(C)C)cc3)o2)C1=S. The first-order chi connectivity index (χ1) is 11.5. The predicted molar refractivity (Wildman–Crippen MR) is 105 cm³/mol. The zero-order valence-electron chi connectivity index (χ0n) is 13.8. The van der Waals surface area contributed by atoms with Crippen molar-refractivity contribution in [3.8, 4) is 11.3 Å². The molecule has 1 aliphatic rings. The third kappa shape index (κ3) is 3.20. The zero-order valence-corrected chi connectivity index (χ0v) is 15.4. The highest BCUT2D eigenvalue weighted by Crippen LogP contribution is 2.27. The highest BCUT2D eigenvalue weighted by molar-refractivity contribution is 7.82. The smallest absolute Gasteiger partial charge is 0.270 e. The molecule has 3 rings (SSSR count). The lowest BCUT2D eigenvalue weighted by atomic mass is 10.1. The molecule has 1 aliphatic heterocycles. The third-order valence-corrected chi connectivity index (χ3v) is 4.48. The molecule has 2 aromatic rings. The van der Waals surface area contributed by atoms with Gasteiger partial charge in [0.1, 0.15) is 11.5 Å². The van der Waals surface area contributed by atoms with Crippen LogP contribution in [0.25, 0.3) is 17.4 Å². The normalized spacial score (nSPS) is 16.0. The molecule has 0 N–H and O–H groups in total. The summed E-state index contributed by atoms with van der Waals surface area (Å²) in [5.41, 5.74) is 2.16. The van der Waals surface area contributed by atoms with E-state index in [1.54, 1.807) is 11.0 Å². The first kappa shape index (κ1) is 16.7. The highest BCUT2D eigenvalue weighted by Gasteiger charge is 2.28. The Balaban J connectivity index is 1.82. The quantitative estimate of drug-likeness (QED) is 0.597. The van der Waals surface area contributed by atoms with Crippen molar-refractivity contribution in [1.82, 2.24) is 4.90 Å². The molecular formula is C18H18N2O2S2. The lowest BCUT2D eigenvalue weighted by Crippen LogP contribution is -2.26. The predicted octanol–water partition coefficient (Wildman–Crippen LogP) is 4.32. The Labute approximate surface area is 152 Å². The number of furan rings is 1. The molecule has 24 heavy (non-hydrogen) atoms. The summed E-state index contributed by atoms with van der Waals surface area (Å²) in [5.74, 6) is 2.03. The maximum Gasteiger partial charge on any atom is 0.270 e. The van der Waals surface area contributed by atoms with E-state index in [4.69, 9.17) is 33.6 Å². The van der Waals surface area contributed by atoms with Gasteiger partial charge in [0.05, 0.1) is 0 Å². The van der Waals surface area contributed by atoms with Gasteiger partial charge in [-0.1, -0.05) is 12.2 Å². The summed E-state index contributed by atoms with van der Waals surface area (Å²) in [7, 11) is 4.03. The second-order valence-corrected chi connectivity index (χ2v) is 6.31. The molecule has 0 unspecified atom stereocenters. The van der Waals surface area contributed by atoms with Gasteiger partial charge in [0.25, 0.3) is 5.17 Å². The summed E-state index contributed by atoms with van der Waals surface area (Å²) in [4.78, 5) is 4.43. The average molecular weight is 358 g/mol. The number of nitrogens with zero attached hydrogens (tertiary/aromatic N) is 2. The Morgan fingerprint density at radius 2 is 1.79 bits per heavy atom. The van der Waals surface area contributed by atoms with Crippen LogP contribution in [0.2, 0.25) is 0 Å². The van der Waals surface area contributed by atoms with Crippen molar-refractivity contribution in [2.24, 2.45) is 0 Å². The van der Waals surface area contributed by atoms with Gasteiger partial charge >= 0.3 is 0 Å². The molecule has 0 spiro atoms. The summed E-state index contributed by atoms with van der Waals surface area (Å²) >= 11 is 10.5. The van der Waals surface area contributed by atoms with E-state index >= 15 is 0 Å². The van der Waals surface area contributed by atoms with E-state index in [1.807, 2.05) is 45.3 Å². The molecule has 0 amide bonds. The molecule has 0 radical (unpaired) electrons. The molecule has 0 bridgehead atoms. The van der Waals surface area contributed by atoms with Gasteiger partial charge < -0.3 is 14.1 Å². The fourth-order valence-electron chi connectivity index (χ4n) is 2.41. The molecule has 4 nitrogen and oxygen atoms in total. The van der Waals surface area contributed by atoms with Gasteiger partial charge in [-0.25, -0.2) is 0 Å². The van der Waals surface area contributed by atoms with E-state index in [-0.39, 0.29) is 0 Å². The van der Waals surface area contributed by atoms with Gasteiger partial charge in [-0.3, -0.25) is 4.90 Å². The monoisotopic (exact) mass is 358 g/mol. The van der Waals surface area contributed by atoms with Crippen LogP contribution in [0.5, 0.6) is 0 Å². The number of likely N-dealkylation sites (N-methyl/N-ethyl adjacent to an activating group) is 1.